The molecule has 25 heavy (non-hydrogen) atoms. The molecule has 1 amide bonds. The minimum absolute atomic E-state index is 0.257. The number of para-hydroxylation sites is 1. The summed E-state index contributed by atoms with van der Waals surface area (Å²) in [5.74, 6) is -1.19. The van der Waals surface area contributed by atoms with Crippen molar-refractivity contribution in [3.8, 4) is 0 Å². The molecule has 1 aromatic carbocycles. The van der Waals surface area contributed by atoms with Crippen LogP contribution in [0.25, 0.3) is 10.9 Å². The maximum atomic E-state index is 12.6. The van der Waals surface area contributed by atoms with Crippen molar-refractivity contribution in [2.24, 2.45) is 5.41 Å². The molecule has 0 unspecified atom stereocenters. The van der Waals surface area contributed by atoms with Crippen LogP contribution >= 0.6 is 0 Å². The summed E-state index contributed by atoms with van der Waals surface area (Å²) >= 11 is 0. The van der Waals surface area contributed by atoms with Gasteiger partial charge in [0, 0.05) is 28.1 Å². The minimum atomic E-state index is -0.944. The number of rotatable bonds is 5. The minimum Gasteiger partial charge on any atom is -0.453 e. The number of hydrogen-bond acceptors (Lipinski definition) is 4. The standard InChI is InChI=1S/C19H24N2O4/c1-11(21-18(24)19(3,4)5)17(23)25-12(2)16(22)14-10-20-15-9-7-6-8-13(14)15/h6-12,20H,1-5H3,(H,21,24)/t11-,12-/m1/s1. The normalized spacial score (nSPS) is 14.0. The maximum Gasteiger partial charge on any atom is 0.329 e. The van der Waals surface area contributed by atoms with Crippen LogP contribution in [0.1, 0.15) is 45.0 Å². The zero-order chi connectivity index (χ0) is 18.8. The SMILES string of the molecule is C[C@@H](NC(=O)C(C)(C)C)C(=O)O[C@H](C)C(=O)c1c[nH]c2ccccc12. The molecule has 2 rings (SSSR count). The molecule has 0 aliphatic heterocycles. The van der Waals surface area contributed by atoms with Gasteiger partial charge in [0.2, 0.25) is 11.7 Å². The van der Waals surface area contributed by atoms with E-state index in [1.807, 2.05) is 24.3 Å². The molecule has 0 fully saturated rings. The highest BCUT2D eigenvalue weighted by Gasteiger charge is 2.28. The molecule has 0 radical (unpaired) electrons. The van der Waals surface area contributed by atoms with Crippen LogP contribution in [-0.2, 0) is 14.3 Å². The lowest BCUT2D eigenvalue weighted by Gasteiger charge is -2.22. The van der Waals surface area contributed by atoms with Crippen molar-refractivity contribution in [1.29, 1.82) is 0 Å². The third kappa shape index (κ3) is 4.26. The van der Waals surface area contributed by atoms with Crippen molar-refractivity contribution < 1.29 is 19.1 Å². The third-order valence-corrected chi connectivity index (χ3v) is 3.90. The van der Waals surface area contributed by atoms with Crippen LogP contribution in [0.15, 0.2) is 30.5 Å². The number of carbonyl (C=O) groups excluding carboxylic acids is 3. The molecule has 0 saturated heterocycles. The summed E-state index contributed by atoms with van der Waals surface area (Å²) in [6.45, 7) is 8.33. The van der Waals surface area contributed by atoms with Gasteiger partial charge in [-0.25, -0.2) is 4.79 Å². The summed E-state index contributed by atoms with van der Waals surface area (Å²) in [4.78, 5) is 39.7. The number of Topliss-reactive ketones (excluding diaryl/α,β-unsaturated/α-hetero) is 1. The van der Waals surface area contributed by atoms with E-state index in [9.17, 15) is 14.4 Å². The monoisotopic (exact) mass is 344 g/mol. The van der Waals surface area contributed by atoms with Gasteiger partial charge in [0.15, 0.2) is 6.10 Å². The van der Waals surface area contributed by atoms with Gasteiger partial charge in [0.25, 0.3) is 0 Å². The van der Waals surface area contributed by atoms with Crippen molar-refractivity contribution in [2.45, 2.75) is 46.8 Å². The van der Waals surface area contributed by atoms with Crippen molar-refractivity contribution in [3.63, 3.8) is 0 Å². The molecule has 1 aromatic heterocycles. The Bertz CT molecular complexity index is 801. The van der Waals surface area contributed by atoms with E-state index in [2.05, 4.69) is 10.3 Å². The number of aromatic amines is 1. The Labute approximate surface area is 146 Å². The van der Waals surface area contributed by atoms with Gasteiger partial charge in [-0.3, -0.25) is 9.59 Å². The second-order valence-electron chi connectivity index (χ2n) is 7.14. The number of amides is 1. The predicted molar refractivity (Wildman–Crippen MR) is 95.2 cm³/mol. The first-order valence-corrected chi connectivity index (χ1v) is 8.23. The Morgan fingerprint density at radius 3 is 2.40 bits per heavy atom. The lowest BCUT2D eigenvalue weighted by Crippen LogP contribution is -2.45. The zero-order valence-electron chi connectivity index (χ0n) is 15.2. The van der Waals surface area contributed by atoms with E-state index in [1.165, 1.54) is 13.8 Å². The molecule has 2 atom stereocenters. The average Bonchev–Trinajstić information content (AvgIpc) is 2.96. The number of ketones is 1. The average molecular weight is 344 g/mol. The topological polar surface area (TPSA) is 88.3 Å². The van der Waals surface area contributed by atoms with Gasteiger partial charge in [0.05, 0.1) is 0 Å². The van der Waals surface area contributed by atoms with Gasteiger partial charge in [-0.15, -0.1) is 0 Å². The second kappa shape index (κ2) is 7.09. The molecule has 2 N–H and O–H groups in total. The molecule has 2 aromatic rings. The highest BCUT2D eigenvalue weighted by Crippen LogP contribution is 2.20. The molecule has 0 aliphatic rings. The second-order valence-corrected chi connectivity index (χ2v) is 7.14. The lowest BCUT2D eigenvalue weighted by molar-refractivity contribution is -0.150. The van der Waals surface area contributed by atoms with Crippen molar-refractivity contribution in [1.82, 2.24) is 10.3 Å². The molecule has 0 saturated carbocycles. The summed E-state index contributed by atoms with van der Waals surface area (Å²) in [7, 11) is 0. The number of fused-ring (bicyclic) bond motifs is 1. The highest BCUT2D eigenvalue weighted by atomic mass is 16.5. The summed E-state index contributed by atoms with van der Waals surface area (Å²) in [5.41, 5.74) is 0.706. The lowest BCUT2D eigenvalue weighted by atomic mass is 9.95. The van der Waals surface area contributed by atoms with Gasteiger partial charge in [-0.05, 0) is 19.9 Å². The molecule has 0 spiro atoms. The van der Waals surface area contributed by atoms with Crippen molar-refractivity contribution >= 4 is 28.6 Å². The number of aromatic nitrogens is 1. The number of carbonyl (C=O) groups is 3. The molecular weight excluding hydrogens is 320 g/mol. The van der Waals surface area contributed by atoms with Crippen LogP contribution in [-0.4, -0.2) is 34.8 Å². The highest BCUT2D eigenvalue weighted by molar-refractivity contribution is 6.10. The Balaban J connectivity index is 2.03. The van der Waals surface area contributed by atoms with Crippen LogP contribution < -0.4 is 5.32 Å². The van der Waals surface area contributed by atoms with Crippen molar-refractivity contribution in [2.75, 3.05) is 0 Å². The van der Waals surface area contributed by atoms with Crippen molar-refractivity contribution in [3.05, 3.63) is 36.0 Å². The molecule has 134 valence electrons. The van der Waals surface area contributed by atoms with Gasteiger partial charge in [-0.1, -0.05) is 39.0 Å². The Hall–Kier alpha value is -2.63. The maximum absolute atomic E-state index is 12.6. The number of H-pyrrole nitrogens is 1. The summed E-state index contributed by atoms with van der Waals surface area (Å²) in [6.07, 6.45) is 0.669. The fourth-order valence-electron chi connectivity index (χ4n) is 2.30. The summed E-state index contributed by atoms with van der Waals surface area (Å²) in [5, 5.41) is 3.38. The molecule has 0 bridgehead atoms. The zero-order valence-corrected chi connectivity index (χ0v) is 15.2. The van der Waals surface area contributed by atoms with E-state index < -0.39 is 23.5 Å². The van der Waals surface area contributed by atoms with E-state index in [0.29, 0.717) is 5.56 Å². The first-order valence-electron chi connectivity index (χ1n) is 8.23. The van der Waals surface area contributed by atoms with E-state index in [4.69, 9.17) is 4.74 Å². The van der Waals surface area contributed by atoms with Crippen LogP contribution in [0.5, 0.6) is 0 Å². The van der Waals surface area contributed by atoms with E-state index in [-0.39, 0.29) is 11.7 Å². The number of benzene rings is 1. The largest absolute Gasteiger partial charge is 0.453 e. The van der Waals surface area contributed by atoms with E-state index in [0.717, 1.165) is 10.9 Å². The number of esters is 1. The number of nitrogens with one attached hydrogen (secondary N) is 2. The Kier molecular flexibility index (Phi) is 5.30. The molecular formula is C19H24N2O4. The molecule has 6 heteroatoms. The van der Waals surface area contributed by atoms with Gasteiger partial charge < -0.3 is 15.0 Å². The van der Waals surface area contributed by atoms with Crippen LogP contribution in [0.4, 0.5) is 0 Å². The Morgan fingerprint density at radius 1 is 1.12 bits per heavy atom. The van der Waals surface area contributed by atoms with E-state index >= 15 is 0 Å². The fourth-order valence-corrected chi connectivity index (χ4v) is 2.30. The predicted octanol–water partition coefficient (Wildman–Crippen LogP) is 2.83. The smallest absolute Gasteiger partial charge is 0.329 e. The molecule has 6 nitrogen and oxygen atoms in total. The van der Waals surface area contributed by atoms with Crippen LogP contribution in [0, 0.1) is 5.41 Å². The Morgan fingerprint density at radius 2 is 1.76 bits per heavy atom. The van der Waals surface area contributed by atoms with E-state index in [1.54, 1.807) is 27.0 Å². The first-order chi connectivity index (χ1) is 11.6. The number of ether oxygens (including phenoxy) is 1. The first kappa shape index (κ1) is 18.7. The third-order valence-electron chi connectivity index (χ3n) is 3.90. The molecule has 1 heterocycles. The molecule has 0 aliphatic carbocycles. The fraction of sp³-hybridized carbons (Fsp3) is 0.421. The van der Waals surface area contributed by atoms with Gasteiger partial charge in [-0.2, -0.15) is 0 Å². The quantitative estimate of drug-likeness (QED) is 0.645. The van der Waals surface area contributed by atoms with Gasteiger partial charge >= 0.3 is 5.97 Å². The number of hydrogen-bond donors (Lipinski definition) is 2. The van der Waals surface area contributed by atoms with Crippen LogP contribution in [0.3, 0.4) is 0 Å². The summed E-state index contributed by atoms with van der Waals surface area (Å²) < 4.78 is 5.24. The van der Waals surface area contributed by atoms with Gasteiger partial charge in [0.1, 0.15) is 6.04 Å². The van der Waals surface area contributed by atoms with Crippen LogP contribution in [0.2, 0.25) is 0 Å². The summed E-state index contributed by atoms with van der Waals surface area (Å²) in [6, 6.07) is 6.58.